The summed E-state index contributed by atoms with van der Waals surface area (Å²) in [4.78, 5) is 144. The van der Waals surface area contributed by atoms with E-state index in [9.17, 15) is 53.4 Å². The summed E-state index contributed by atoms with van der Waals surface area (Å²) in [6.07, 6.45) is 7.76. The van der Waals surface area contributed by atoms with Crippen LogP contribution >= 0.6 is 23.5 Å². The van der Waals surface area contributed by atoms with Gasteiger partial charge in [0.1, 0.15) is 30.0 Å². The lowest BCUT2D eigenvalue weighted by Gasteiger charge is -2.45. The van der Waals surface area contributed by atoms with Crippen LogP contribution in [-0.4, -0.2) is 214 Å². The van der Waals surface area contributed by atoms with E-state index >= 15 is 0 Å². The molecule has 7 heterocycles. The van der Waals surface area contributed by atoms with E-state index in [1.54, 1.807) is 36.0 Å². The maximum absolute atomic E-state index is 14.2. The van der Waals surface area contributed by atoms with Crippen molar-refractivity contribution in [1.82, 2.24) is 55.5 Å². The molecule has 113 heavy (non-hydrogen) atoms. The number of benzene rings is 5. The predicted octanol–water partition coefficient (Wildman–Crippen LogP) is 7.65. The molecule has 590 valence electrons. The minimum absolute atomic E-state index is 0.00307. The number of piperidine rings is 2. The Kier molecular flexibility index (Phi) is 25.9. The van der Waals surface area contributed by atoms with Gasteiger partial charge in [-0.2, -0.15) is 0 Å². The number of fused-ring (bicyclic) bond motifs is 2. The zero-order chi connectivity index (χ0) is 79.3. The monoisotopic (exact) mass is 1570 g/mol. The fraction of sp³-hybridized carbons (Fsp3) is 0.386. The number of hydrogen-bond donors (Lipinski definition) is 7. The maximum Gasteiger partial charge on any atom is 0.332 e. The number of rotatable bonds is 33. The third kappa shape index (κ3) is 19.0. The number of carbonyl (C=O) groups excluding carboxylic acids is 7. The molecule has 5 aromatic carbocycles. The van der Waals surface area contributed by atoms with Gasteiger partial charge >= 0.3 is 12.0 Å². The molecule has 0 bridgehead atoms. The second kappa shape index (κ2) is 36.4. The number of likely N-dealkylation sites (tertiary alicyclic amines) is 1. The second-order valence-electron chi connectivity index (χ2n) is 28.7. The van der Waals surface area contributed by atoms with Crippen LogP contribution in [0.5, 0.6) is 5.75 Å². The van der Waals surface area contributed by atoms with Crippen molar-refractivity contribution in [2.45, 2.75) is 117 Å². The summed E-state index contributed by atoms with van der Waals surface area (Å²) in [5, 5.41) is 33.9. The van der Waals surface area contributed by atoms with Crippen molar-refractivity contribution in [3.63, 3.8) is 0 Å². The molecule has 28 nitrogen and oxygen atoms in total. The Balaban J connectivity index is 0.553. The summed E-state index contributed by atoms with van der Waals surface area (Å²) in [6, 6.07) is 38.2. The Labute approximate surface area is 661 Å². The third-order valence-electron chi connectivity index (χ3n) is 20.9. The minimum Gasteiger partial charge on any atom is -0.495 e. The van der Waals surface area contributed by atoms with Gasteiger partial charge in [-0.05, 0) is 124 Å². The maximum atomic E-state index is 14.2. The molecular weight excluding hydrogens is 1480 g/mol. The van der Waals surface area contributed by atoms with Gasteiger partial charge in [-0.1, -0.05) is 108 Å². The number of H-pyrrole nitrogens is 1. The molecule has 0 spiro atoms. The van der Waals surface area contributed by atoms with E-state index in [1.165, 1.54) is 42.5 Å². The number of nitrogens with zero attached hydrogens (tertiary/aromatic N) is 8. The van der Waals surface area contributed by atoms with E-state index in [-0.39, 0.29) is 76.2 Å². The number of aromatic nitrogens is 4. The van der Waals surface area contributed by atoms with Crippen molar-refractivity contribution in [3.8, 4) is 28.7 Å². The van der Waals surface area contributed by atoms with Gasteiger partial charge in [-0.15, -0.1) is 0 Å². The largest absolute Gasteiger partial charge is 0.495 e. The van der Waals surface area contributed by atoms with Gasteiger partial charge in [0.05, 0.1) is 92.5 Å². The molecule has 1 aliphatic carbocycles. The Bertz CT molecular complexity index is 4950. The van der Waals surface area contributed by atoms with Crippen LogP contribution in [0.3, 0.4) is 0 Å². The molecular formula is C83H91N13O15S2. The summed E-state index contributed by atoms with van der Waals surface area (Å²) in [6.45, 7) is 6.27. The van der Waals surface area contributed by atoms with Crippen LogP contribution in [0.1, 0.15) is 88.5 Å². The lowest BCUT2D eigenvalue weighted by Crippen LogP contribution is -2.58. The standard InChI is InChI=1S/C83H91N13O15S2/c1-53(87-68(98)32-43-109-45-46-110-44-42-95-78(105)72(112-59-18-10-6-11-19-59)73(79(95)106)113-60-20-12-7-13-21-60)75(102)88-65(49-70(100)101)76(103)85-52-96-69(99)31-39-94(81(96)107)66-47-54(22-27-67(66)108-4)15-14-35-86-82(2)33-40-92(41-34-82)57-29-37-93(38-30-57)80-89-64-26-23-55(63-50-91(3)77(104)71-61(63)28-36-84-71)48-62(64)74(90-80)83(51-97,111-58-24-25-58)56-16-8-5-9-17-56/h5-13,16-23,26-28,36,47-48,50,53,57-58,65,84,86,97H,24-25,29-35,37-46,49,51-52H2,1-4H3,(H,85,103)(H,87,98)(H,88,102)(H,100,101)/t53-,65-,83-/m0/s1. The predicted molar refractivity (Wildman–Crippen MR) is 426 cm³/mol. The molecule has 3 aromatic heterocycles. The van der Waals surface area contributed by atoms with E-state index < -0.39 is 78.2 Å². The highest BCUT2D eigenvalue weighted by Gasteiger charge is 2.45. The third-order valence-corrected chi connectivity index (χ3v) is 23.2. The smallest absolute Gasteiger partial charge is 0.332 e. The van der Waals surface area contributed by atoms with Crippen molar-refractivity contribution in [1.29, 1.82) is 0 Å². The van der Waals surface area contributed by atoms with Crippen molar-refractivity contribution in [2.75, 3.05) is 102 Å². The number of anilines is 2. The van der Waals surface area contributed by atoms with Crippen LogP contribution < -0.4 is 41.4 Å². The number of aliphatic carboxylic acids is 1. The average Bonchev–Trinajstić information content (AvgIpc) is 1.59. The summed E-state index contributed by atoms with van der Waals surface area (Å²) in [7, 11) is 3.19. The van der Waals surface area contributed by atoms with Gasteiger partial charge in [-0.25, -0.2) is 19.7 Å². The molecule has 5 aliphatic rings. The van der Waals surface area contributed by atoms with Gasteiger partial charge in [0, 0.05) is 108 Å². The molecule has 3 saturated heterocycles. The van der Waals surface area contributed by atoms with Crippen LogP contribution in [0.2, 0.25) is 0 Å². The first kappa shape index (κ1) is 80.3. The Hall–Kier alpha value is -10.8. The van der Waals surface area contributed by atoms with Crippen molar-refractivity contribution in [2.24, 2.45) is 7.05 Å². The number of ether oxygens (including phenoxy) is 4. The van der Waals surface area contributed by atoms with Crippen molar-refractivity contribution < 1.29 is 67.5 Å². The van der Waals surface area contributed by atoms with Crippen LogP contribution in [0, 0.1) is 11.8 Å². The molecule has 1 saturated carbocycles. The van der Waals surface area contributed by atoms with Crippen molar-refractivity contribution >= 4 is 104 Å². The highest BCUT2D eigenvalue weighted by Crippen LogP contribution is 2.45. The highest BCUT2D eigenvalue weighted by atomic mass is 32.2. The van der Waals surface area contributed by atoms with Gasteiger partial charge < -0.3 is 69.8 Å². The number of urea groups is 1. The molecule has 4 fully saturated rings. The van der Waals surface area contributed by atoms with Crippen LogP contribution in [0.15, 0.2) is 170 Å². The van der Waals surface area contributed by atoms with Crippen molar-refractivity contribution in [3.05, 3.63) is 183 Å². The number of hydrogen-bond acceptors (Lipinski definition) is 21. The zero-order valence-corrected chi connectivity index (χ0v) is 65.0. The van der Waals surface area contributed by atoms with Crippen LogP contribution in [0.4, 0.5) is 16.4 Å². The number of thioether (sulfide) groups is 2. The first-order chi connectivity index (χ1) is 54.7. The van der Waals surface area contributed by atoms with Crippen LogP contribution in [-0.2, 0) is 60.4 Å². The number of amides is 8. The number of aromatic amines is 1. The SMILES string of the molecule is COc1ccc(C#CCNC2(C)CCN(C3CCN(c4nc([C@@](CO)(OC5CC5)c5ccccc5)c5cc(-c6cn(C)c(=O)c7[nH]ccc67)ccc5n4)CC3)CC2)cc1N1CCC(=O)N(CNC(=O)[C@H](CC(=O)O)NC(=O)[C@H](C)NC(=O)CCOCCOCCN2C(=O)C(Sc3ccccc3)=C(Sc3ccccc3)C2=O)C1=O. The molecule has 0 unspecified atom stereocenters. The zero-order valence-electron chi connectivity index (χ0n) is 63.3. The number of carboxylic acids is 1. The number of aliphatic hydroxyl groups excluding tert-OH is 1. The van der Waals surface area contributed by atoms with Gasteiger partial charge in [-0.3, -0.25) is 48.2 Å². The Morgan fingerprint density at radius 3 is 2.08 bits per heavy atom. The van der Waals surface area contributed by atoms with E-state index in [4.69, 9.17) is 28.9 Å². The Morgan fingerprint density at radius 2 is 1.42 bits per heavy atom. The molecule has 8 amide bonds. The number of pyridine rings is 1. The molecule has 7 N–H and O–H groups in total. The number of carbonyl (C=O) groups is 8. The molecule has 4 aliphatic heterocycles. The second-order valence-corrected chi connectivity index (χ2v) is 30.9. The number of nitrogens with one attached hydrogen (secondary N) is 5. The van der Waals surface area contributed by atoms with E-state index in [1.807, 2.05) is 115 Å². The van der Waals surface area contributed by atoms with E-state index in [2.05, 4.69) is 60.9 Å². The lowest BCUT2D eigenvalue weighted by molar-refractivity contribution is -0.141. The molecule has 3 atom stereocenters. The fourth-order valence-electron chi connectivity index (χ4n) is 14.4. The van der Waals surface area contributed by atoms with Gasteiger partial charge in [0.15, 0.2) is 5.60 Å². The minimum atomic E-state index is -1.67. The Morgan fingerprint density at radius 1 is 0.752 bits per heavy atom. The first-order valence-electron chi connectivity index (χ1n) is 37.9. The molecule has 8 aromatic rings. The number of aliphatic hydroxyl groups is 1. The highest BCUT2D eigenvalue weighted by molar-refractivity contribution is 8.08. The average molecular weight is 1570 g/mol. The van der Waals surface area contributed by atoms with E-state index in [0.29, 0.717) is 56.6 Å². The fourth-order valence-corrected chi connectivity index (χ4v) is 16.5. The summed E-state index contributed by atoms with van der Waals surface area (Å²) in [5.74, 6) is 2.01. The van der Waals surface area contributed by atoms with Gasteiger partial charge in [0.2, 0.25) is 29.6 Å². The molecule has 0 radical (unpaired) electrons. The van der Waals surface area contributed by atoms with Gasteiger partial charge in [0.25, 0.3) is 17.4 Å². The topological polar surface area (TPSA) is 342 Å². The number of aryl methyl sites for hydroxylation is 1. The number of carboxylic acid groups (broad SMARTS) is 1. The summed E-state index contributed by atoms with van der Waals surface area (Å²) < 4.78 is 25.4. The lowest BCUT2D eigenvalue weighted by atomic mass is 9.87. The number of imide groups is 2. The van der Waals surface area contributed by atoms with Crippen LogP contribution in [0.25, 0.3) is 32.9 Å². The molecule has 13 rings (SSSR count). The molecule has 30 heteroatoms. The summed E-state index contributed by atoms with van der Waals surface area (Å²) in [5.41, 5.74) is 3.67. The normalized spacial score (nSPS) is 17.3. The number of methoxy groups -OCH3 is 1. The first-order valence-corrected chi connectivity index (χ1v) is 39.5. The quantitative estimate of drug-likeness (QED) is 0.0118. The summed E-state index contributed by atoms with van der Waals surface area (Å²) >= 11 is 2.46. The van der Waals surface area contributed by atoms with E-state index in [0.717, 1.165) is 117 Å².